The number of ether oxygens (including phenoxy) is 1. The smallest absolute Gasteiger partial charge is 0.313 e. The molecular formula is C18H20ClN3O4. The topological polar surface area (TPSA) is 93.5 Å². The van der Waals surface area contributed by atoms with E-state index in [2.05, 4.69) is 10.6 Å². The maximum Gasteiger partial charge on any atom is 0.313 e. The van der Waals surface area contributed by atoms with Crippen LogP contribution in [0, 0.1) is 10.1 Å². The Labute approximate surface area is 156 Å². The lowest BCUT2D eigenvalue weighted by molar-refractivity contribution is -0.385. The van der Waals surface area contributed by atoms with Crippen LogP contribution in [0.5, 0.6) is 11.5 Å². The Kier molecular flexibility index (Phi) is 6.94. The molecule has 8 heteroatoms. The molecule has 0 aliphatic rings. The van der Waals surface area contributed by atoms with Crippen molar-refractivity contribution in [2.45, 2.75) is 26.4 Å². The number of rotatable bonds is 8. The molecule has 0 spiro atoms. The molecule has 0 atom stereocenters. The zero-order valence-corrected chi connectivity index (χ0v) is 15.2. The monoisotopic (exact) mass is 377 g/mol. The lowest BCUT2D eigenvalue weighted by Gasteiger charge is -2.10. The van der Waals surface area contributed by atoms with E-state index in [-0.39, 0.29) is 35.0 Å². The van der Waals surface area contributed by atoms with Crippen LogP contribution in [0.3, 0.4) is 0 Å². The molecular weight excluding hydrogens is 358 g/mol. The van der Waals surface area contributed by atoms with Crippen molar-refractivity contribution in [2.24, 2.45) is 0 Å². The van der Waals surface area contributed by atoms with E-state index in [0.717, 1.165) is 5.56 Å². The predicted octanol–water partition coefficient (Wildman–Crippen LogP) is 3.65. The van der Waals surface area contributed by atoms with Gasteiger partial charge in [0, 0.05) is 23.7 Å². The van der Waals surface area contributed by atoms with Crippen molar-refractivity contribution in [2.75, 3.05) is 6.54 Å². The summed E-state index contributed by atoms with van der Waals surface area (Å²) < 4.78 is 5.58. The van der Waals surface area contributed by atoms with Gasteiger partial charge in [0.15, 0.2) is 0 Å². The fourth-order valence-electron chi connectivity index (χ4n) is 2.22. The lowest BCUT2D eigenvalue weighted by Crippen LogP contribution is -2.37. The molecule has 2 rings (SSSR count). The highest BCUT2D eigenvalue weighted by molar-refractivity contribution is 6.30. The summed E-state index contributed by atoms with van der Waals surface area (Å²) in [6.45, 7) is 4.56. The minimum atomic E-state index is -0.540. The van der Waals surface area contributed by atoms with Crippen LogP contribution in [0.25, 0.3) is 0 Å². The summed E-state index contributed by atoms with van der Waals surface area (Å²) in [6, 6.07) is 11.4. The first-order chi connectivity index (χ1) is 12.3. The van der Waals surface area contributed by atoms with Gasteiger partial charge in [-0.15, -0.1) is 0 Å². The van der Waals surface area contributed by atoms with Gasteiger partial charge in [-0.25, -0.2) is 0 Å². The second kappa shape index (κ2) is 9.17. The van der Waals surface area contributed by atoms with Crippen molar-refractivity contribution in [3.63, 3.8) is 0 Å². The van der Waals surface area contributed by atoms with E-state index in [1.165, 1.54) is 18.2 Å². The minimum Gasteiger partial charge on any atom is -0.450 e. The number of halogens is 1. The molecule has 2 N–H and O–H groups in total. The Morgan fingerprint density at radius 1 is 1.23 bits per heavy atom. The van der Waals surface area contributed by atoms with E-state index < -0.39 is 4.92 Å². The minimum absolute atomic E-state index is 0.0602. The number of carbonyl (C=O) groups is 1. The third-order valence-electron chi connectivity index (χ3n) is 3.33. The van der Waals surface area contributed by atoms with E-state index in [1.807, 2.05) is 26.0 Å². The molecule has 138 valence electrons. The summed E-state index contributed by atoms with van der Waals surface area (Å²) in [5.41, 5.74) is 0.764. The van der Waals surface area contributed by atoms with Crippen LogP contribution >= 0.6 is 11.6 Å². The lowest BCUT2D eigenvalue weighted by atomic mass is 10.2. The van der Waals surface area contributed by atoms with E-state index in [4.69, 9.17) is 16.3 Å². The van der Waals surface area contributed by atoms with Crippen molar-refractivity contribution in [3.05, 3.63) is 63.2 Å². The Hall–Kier alpha value is -2.64. The number of nitro groups is 1. The molecule has 0 heterocycles. The van der Waals surface area contributed by atoms with E-state index in [1.54, 1.807) is 12.1 Å². The van der Waals surface area contributed by atoms with Gasteiger partial charge in [-0.3, -0.25) is 14.9 Å². The third kappa shape index (κ3) is 6.02. The van der Waals surface area contributed by atoms with E-state index >= 15 is 0 Å². The van der Waals surface area contributed by atoms with Gasteiger partial charge in [-0.2, -0.15) is 0 Å². The Balaban J connectivity index is 1.94. The van der Waals surface area contributed by atoms with Gasteiger partial charge in [0.25, 0.3) is 0 Å². The fourth-order valence-corrected chi connectivity index (χ4v) is 2.38. The molecule has 1 amide bonds. The van der Waals surface area contributed by atoms with Gasteiger partial charge < -0.3 is 15.4 Å². The van der Waals surface area contributed by atoms with Crippen LogP contribution in [-0.4, -0.2) is 23.4 Å². The summed E-state index contributed by atoms with van der Waals surface area (Å²) in [5.74, 6) is 0.530. The third-order valence-corrected chi connectivity index (χ3v) is 3.57. The van der Waals surface area contributed by atoms with Gasteiger partial charge in [0.2, 0.25) is 11.7 Å². The largest absolute Gasteiger partial charge is 0.450 e. The van der Waals surface area contributed by atoms with Gasteiger partial charge in [0.1, 0.15) is 5.75 Å². The molecule has 2 aromatic rings. The number of nitrogens with zero attached hydrogens (tertiary/aromatic N) is 1. The molecule has 0 fully saturated rings. The fraction of sp³-hybridized carbons (Fsp3) is 0.278. The summed E-state index contributed by atoms with van der Waals surface area (Å²) in [7, 11) is 0. The van der Waals surface area contributed by atoms with Crippen LogP contribution in [0.4, 0.5) is 5.69 Å². The maximum atomic E-state index is 11.6. The number of nitrogens with one attached hydrogen (secondary N) is 2. The highest BCUT2D eigenvalue weighted by atomic mass is 35.5. The Morgan fingerprint density at radius 3 is 2.54 bits per heavy atom. The SMILES string of the molecule is CC(C)NC(=O)CNCc1ccc(Oc2ccc(Cl)cc2[N+](=O)[O-])cc1. The highest BCUT2D eigenvalue weighted by Gasteiger charge is 2.16. The summed E-state index contributed by atoms with van der Waals surface area (Å²) in [6.07, 6.45) is 0. The molecule has 0 aliphatic carbocycles. The second-order valence-corrected chi connectivity index (χ2v) is 6.38. The molecule has 0 saturated carbocycles. The Morgan fingerprint density at radius 2 is 1.92 bits per heavy atom. The average molecular weight is 378 g/mol. The average Bonchev–Trinajstić information content (AvgIpc) is 2.57. The van der Waals surface area contributed by atoms with Crippen LogP contribution in [0.15, 0.2) is 42.5 Å². The number of nitro benzene ring substituents is 1. The molecule has 7 nitrogen and oxygen atoms in total. The number of hydrogen-bond donors (Lipinski definition) is 2. The first-order valence-corrected chi connectivity index (χ1v) is 8.44. The van der Waals surface area contributed by atoms with Crippen LogP contribution in [0.1, 0.15) is 19.4 Å². The number of amides is 1. The quantitative estimate of drug-likeness (QED) is 0.541. The second-order valence-electron chi connectivity index (χ2n) is 5.94. The predicted molar refractivity (Wildman–Crippen MR) is 99.6 cm³/mol. The number of hydrogen-bond acceptors (Lipinski definition) is 5. The van der Waals surface area contributed by atoms with Crippen molar-refractivity contribution in [1.82, 2.24) is 10.6 Å². The Bertz CT molecular complexity index is 779. The summed E-state index contributed by atoms with van der Waals surface area (Å²) >= 11 is 5.79. The number of benzene rings is 2. The number of carbonyl (C=O) groups excluding carboxylic acids is 1. The standard InChI is InChI=1S/C18H20ClN3O4/c1-12(2)21-18(23)11-20-10-13-3-6-15(7-4-13)26-17-8-5-14(19)9-16(17)22(24)25/h3-9,12,20H,10-11H2,1-2H3,(H,21,23). The molecule has 0 unspecified atom stereocenters. The summed E-state index contributed by atoms with van der Waals surface area (Å²) in [4.78, 5) is 22.1. The first kappa shape index (κ1) is 19.7. The zero-order valence-electron chi connectivity index (χ0n) is 14.5. The molecule has 0 aromatic heterocycles. The van der Waals surface area contributed by atoms with Crippen molar-refractivity contribution >= 4 is 23.2 Å². The maximum absolute atomic E-state index is 11.6. The first-order valence-electron chi connectivity index (χ1n) is 8.06. The van der Waals surface area contributed by atoms with E-state index in [0.29, 0.717) is 12.3 Å². The van der Waals surface area contributed by atoms with Crippen molar-refractivity contribution in [1.29, 1.82) is 0 Å². The molecule has 0 radical (unpaired) electrons. The van der Waals surface area contributed by atoms with Gasteiger partial charge in [0.05, 0.1) is 11.5 Å². The normalized spacial score (nSPS) is 10.6. The zero-order chi connectivity index (χ0) is 19.1. The van der Waals surface area contributed by atoms with Crippen LogP contribution in [-0.2, 0) is 11.3 Å². The van der Waals surface area contributed by atoms with Crippen molar-refractivity contribution in [3.8, 4) is 11.5 Å². The molecule has 0 bridgehead atoms. The summed E-state index contributed by atoms with van der Waals surface area (Å²) in [5, 5.41) is 17.2. The van der Waals surface area contributed by atoms with Crippen LogP contribution in [0.2, 0.25) is 5.02 Å². The van der Waals surface area contributed by atoms with Crippen molar-refractivity contribution < 1.29 is 14.5 Å². The molecule has 0 saturated heterocycles. The van der Waals surface area contributed by atoms with Crippen LogP contribution < -0.4 is 15.4 Å². The highest BCUT2D eigenvalue weighted by Crippen LogP contribution is 2.33. The van der Waals surface area contributed by atoms with Gasteiger partial charge in [-0.1, -0.05) is 23.7 Å². The van der Waals surface area contributed by atoms with Gasteiger partial charge in [-0.05, 0) is 43.7 Å². The molecule has 26 heavy (non-hydrogen) atoms. The molecule has 0 aliphatic heterocycles. The van der Waals surface area contributed by atoms with E-state index in [9.17, 15) is 14.9 Å². The molecule has 2 aromatic carbocycles. The van der Waals surface area contributed by atoms with Gasteiger partial charge >= 0.3 is 5.69 Å².